The Labute approximate surface area is 73.6 Å². The van der Waals surface area contributed by atoms with E-state index in [1.165, 1.54) is 0 Å². The predicted molar refractivity (Wildman–Crippen MR) is 48.3 cm³/mol. The Morgan fingerprint density at radius 1 is 1.58 bits per heavy atom. The summed E-state index contributed by atoms with van der Waals surface area (Å²) in [7, 11) is 3.92. The Bertz CT molecular complexity index is 137. The monoisotopic (exact) mass is 174 g/mol. The van der Waals surface area contributed by atoms with Gasteiger partial charge in [-0.2, -0.15) is 0 Å². The maximum Gasteiger partial charge on any atom is 0.320 e. The number of aliphatic carboxylic acids is 1. The average molecular weight is 174 g/mol. The Kier molecular flexibility index (Phi) is 5.66. The van der Waals surface area contributed by atoms with Gasteiger partial charge in [-0.3, -0.25) is 4.79 Å². The number of rotatable bonds is 6. The normalized spacial score (nSPS) is 13.3. The van der Waals surface area contributed by atoms with Gasteiger partial charge in [0.25, 0.3) is 0 Å². The first-order valence-corrected chi connectivity index (χ1v) is 4.18. The second kappa shape index (κ2) is 5.97. The van der Waals surface area contributed by atoms with E-state index in [1.807, 2.05) is 25.9 Å². The third-order valence-corrected chi connectivity index (χ3v) is 1.66. The molecule has 0 amide bonds. The fourth-order valence-corrected chi connectivity index (χ4v) is 0.869. The Hall–Kier alpha value is -0.610. The Morgan fingerprint density at radius 3 is 2.50 bits per heavy atom. The number of carbonyl (C=O) groups is 1. The van der Waals surface area contributed by atoms with E-state index in [1.54, 1.807) is 0 Å². The van der Waals surface area contributed by atoms with E-state index < -0.39 is 12.0 Å². The van der Waals surface area contributed by atoms with Crippen LogP contribution in [-0.2, 0) is 4.79 Å². The molecule has 1 atom stereocenters. The fraction of sp³-hybridized carbons (Fsp3) is 0.875. The van der Waals surface area contributed by atoms with E-state index in [4.69, 9.17) is 5.11 Å². The van der Waals surface area contributed by atoms with Crippen LogP contribution in [0.3, 0.4) is 0 Å². The fourth-order valence-electron chi connectivity index (χ4n) is 0.869. The molecule has 0 bridgehead atoms. The molecule has 4 heteroatoms. The summed E-state index contributed by atoms with van der Waals surface area (Å²) in [5.41, 5.74) is 0. The van der Waals surface area contributed by atoms with E-state index in [9.17, 15) is 4.79 Å². The SMILES string of the molecule is CCC(NCCN(C)C)C(=O)O. The van der Waals surface area contributed by atoms with Crippen LogP contribution >= 0.6 is 0 Å². The molecule has 0 aromatic carbocycles. The van der Waals surface area contributed by atoms with Crippen LogP contribution in [0.4, 0.5) is 0 Å². The zero-order chi connectivity index (χ0) is 9.56. The van der Waals surface area contributed by atoms with Crippen molar-refractivity contribution in [3.8, 4) is 0 Å². The van der Waals surface area contributed by atoms with Crippen LogP contribution in [0.1, 0.15) is 13.3 Å². The number of likely N-dealkylation sites (N-methyl/N-ethyl adjacent to an activating group) is 1. The molecule has 2 N–H and O–H groups in total. The van der Waals surface area contributed by atoms with Gasteiger partial charge >= 0.3 is 5.97 Å². The molecule has 0 saturated heterocycles. The number of carboxylic acids is 1. The Morgan fingerprint density at radius 2 is 2.17 bits per heavy atom. The van der Waals surface area contributed by atoms with Crippen molar-refractivity contribution < 1.29 is 9.90 Å². The molecule has 0 aromatic heterocycles. The highest BCUT2D eigenvalue weighted by Gasteiger charge is 2.12. The summed E-state index contributed by atoms with van der Waals surface area (Å²) >= 11 is 0. The van der Waals surface area contributed by atoms with Crippen LogP contribution in [0, 0.1) is 0 Å². The molecule has 0 heterocycles. The largest absolute Gasteiger partial charge is 0.480 e. The van der Waals surface area contributed by atoms with E-state index in [0.717, 1.165) is 13.1 Å². The van der Waals surface area contributed by atoms with Gasteiger partial charge in [-0.25, -0.2) is 0 Å². The molecule has 0 aliphatic rings. The summed E-state index contributed by atoms with van der Waals surface area (Å²) in [4.78, 5) is 12.5. The van der Waals surface area contributed by atoms with E-state index in [0.29, 0.717) is 6.42 Å². The second-order valence-corrected chi connectivity index (χ2v) is 3.06. The molecule has 0 spiro atoms. The molecule has 0 fully saturated rings. The number of nitrogens with one attached hydrogen (secondary N) is 1. The second-order valence-electron chi connectivity index (χ2n) is 3.06. The molecule has 72 valence electrons. The number of hydrogen-bond acceptors (Lipinski definition) is 3. The average Bonchev–Trinajstić information content (AvgIpc) is 1.96. The number of carboxylic acid groups (broad SMARTS) is 1. The van der Waals surface area contributed by atoms with E-state index in [2.05, 4.69) is 5.32 Å². The maximum atomic E-state index is 10.5. The zero-order valence-corrected chi connectivity index (χ0v) is 8.00. The lowest BCUT2D eigenvalue weighted by atomic mass is 10.2. The van der Waals surface area contributed by atoms with Crippen LogP contribution in [0.5, 0.6) is 0 Å². The van der Waals surface area contributed by atoms with Gasteiger partial charge in [-0.1, -0.05) is 6.92 Å². The highest BCUT2D eigenvalue weighted by Crippen LogP contribution is 1.89. The first-order valence-electron chi connectivity index (χ1n) is 4.18. The first kappa shape index (κ1) is 11.4. The van der Waals surface area contributed by atoms with Crippen molar-refractivity contribution in [3.05, 3.63) is 0 Å². The molecule has 0 saturated carbocycles. The predicted octanol–water partition coefficient (Wildman–Crippen LogP) is 0.000800. The van der Waals surface area contributed by atoms with Crippen molar-refractivity contribution in [2.45, 2.75) is 19.4 Å². The molecule has 0 radical (unpaired) electrons. The van der Waals surface area contributed by atoms with Gasteiger partial charge < -0.3 is 15.3 Å². The van der Waals surface area contributed by atoms with Crippen LogP contribution in [0.25, 0.3) is 0 Å². The van der Waals surface area contributed by atoms with Gasteiger partial charge in [0.1, 0.15) is 6.04 Å². The summed E-state index contributed by atoms with van der Waals surface area (Å²) in [6, 6.07) is -0.398. The lowest BCUT2D eigenvalue weighted by Gasteiger charge is -2.14. The lowest BCUT2D eigenvalue weighted by Crippen LogP contribution is -2.39. The molecule has 12 heavy (non-hydrogen) atoms. The molecule has 0 rings (SSSR count). The number of hydrogen-bond donors (Lipinski definition) is 2. The van der Waals surface area contributed by atoms with Gasteiger partial charge in [-0.05, 0) is 20.5 Å². The summed E-state index contributed by atoms with van der Waals surface area (Å²) < 4.78 is 0. The molecular formula is C8H18N2O2. The van der Waals surface area contributed by atoms with Crippen LogP contribution in [0.2, 0.25) is 0 Å². The topological polar surface area (TPSA) is 52.6 Å². The van der Waals surface area contributed by atoms with Crippen LogP contribution in [-0.4, -0.2) is 49.2 Å². The summed E-state index contributed by atoms with van der Waals surface area (Å²) in [6.45, 7) is 3.45. The summed E-state index contributed by atoms with van der Waals surface area (Å²) in [6.07, 6.45) is 0.628. The minimum Gasteiger partial charge on any atom is -0.480 e. The molecule has 4 nitrogen and oxygen atoms in total. The van der Waals surface area contributed by atoms with Gasteiger partial charge in [0.05, 0.1) is 0 Å². The minimum atomic E-state index is -0.767. The minimum absolute atomic E-state index is 0.398. The third kappa shape index (κ3) is 5.09. The quantitative estimate of drug-likeness (QED) is 0.595. The summed E-state index contributed by atoms with van der Waals surface area (Å²) in [5, 5.41) is 11.6. The van der Waals surface area contributed by atoms with Crippen LogP contribution < -0.4 is 5.32 Å². The maximum absolute atomic E-state index is 10.5. The van der Waals surface area contributed by atoms with Crippen molar-refractivity contribution >= 4 is 5.97 Å². The van der Waals surface area contributed by atoms with Crippen LogP contribution in [0.15, 0.2) is 0 Å². The van der Waals surface area contributed by atoms with Crippen molar-refractivity contribution in [1.29, 1.82) is 0 Å². The lowest BCUT2D eigenvalue weighted by molar-refractivity contribution is -0.139. The molecule has 0 aliphatic carbocycles. The van der Waals surface area contributed by atoms with Gasteiger partial charge in [-0.15, -0.1) is 0 Å². The molecule has 1 unspecified atom stereocenters. The highest BCUT2D eigenvalue weighted by molar-refractivity contribution is 5.73. The van der Waals surface area contributed by atoms with Gasteiger partial charge in [0.15, 0.2) is 0 Å². The van der Waals surface area contributed by atoms with Crippen molar-refractivity contribution in [3.63, 3.8) is 0 Å². The zero-order valence-electron chi connectivity index (χ0n) is 8.00. The van der Waals surface area contributed by atoms with Crippen molar-refractivity contribution in [1.82, 2.24) is 10.2 Å². The first-order chi connectivity index (χ1) is 5.57. The van der Waals surface area contributed by atoms with E-state index >= 15 is 0 Å². The van der Waals surface area contributed by atoms with Crippen molar-refractivity contribution in [2.24, 2.45) is 0 Å². The number of nitrogens with zero attached hydrogens (tertiary/aromatic N) is 1. The highest BCUT2D eigenvalue weighted by atomic mass is 16.4. The molecule has 0 aliphatic heterocycles. The summed E-state index contributed by atoms with van der Waals surface area (Å²) in [5.74, 6) is -0.767. The molecule has 0 aromatic rings. The Balaban J connectivity index is 3.52. The van der Waals surface area contributed by atoms with E-state index in [-0.39, 0.29) is 0 Å². The van der Waals surface area contributed by atoms with Gasteiger partial charge in [0, 0.05) is 13.1 Å². The standard InChI is InChI=1S/C8H18N2O2/c1-4-7(8(11)12)9-5-6-10(2)3/h7,9H,4-6H2,1-3H3,(H,11,12). The smallest absolute Gasteiger partial charge is 0.320 e. The third-order valence-electron chi connectivity index (χ3n) is 1.66. The van der Waals surface area contributed by atoms with Gasteiger partial charge in [0.2, 0.25) is 0 Å². The van der Waals surface area contributed by atoms with Crippen molar-refractivity contribution in [2.75, 3.05) is 27.2 Å². The molecular weight excluding hydrogens is 156 g/mol.